The summed E-state index contributed by atoms with van der Waals surface area (Å²) in [7, 11) is 0. The van der Waals surface area contributed by atoms with Crippen molar-refractivity contribution in [3.63, 3.8) is 0 Å². The van der Waals surface area contributed by atoms with Crippen molar-refractivity contribution in [1.82, 2.24) is 0 Å². The second-order valence-electron chi connectivity index (χ2n) is 6.76. The normalized spacial score (nSPS) is 18.5. The molecule has 0 amide bonds. The van der Waals surface area contributed by atoms with Crippen LogP contribution in [0.4, 0.5) is 0 Å². The van der Waals surface area contributed by atoms with Crippen LogP contribution in [0, 0.1) is 5.41 Å². The molecule has 3 nitrogen and oxygen atoms in total. The first kappa shape index (κ1) is 25.0. The van der Waals surface area contributed by atoms with Crippen LogP contribution < -0.4 is 0 Å². The van der Waals surface area contributed by atoms with Gasteiger partial charge in [-0.05, 0) is 56.6 Å². The summed E-state index contributed by atoms with van der Waals surface area (Å²) in [5.41, 5.74) is 5.09. The van der Waals surface area contributed by atoms with E-state index in [1.165, 1.54) is 36.5 Å². The zero-order chi connectivity index (χ0) is 16.8. The van der Waals surface area contributed by atoms with Gasteiger partial charge in [-0.3, -0.25) is 0 Å². The van der Waals surface area contributed by atoms with Gasteiger partial charge in [0.2, 0.25) is 0 Å². The maximum Gasteiger partial charge on any atom is 0.328 e. The van der Waals surface area contributed by atoms with Gasteiger partial charge in [0, 0.05) is 25.6 Å². The molecule has 0 aromatic heterocycles. The smallest absolute Gasteiger partial charge is 0.328 e. The van der Waals surface area contributed by atoms with E-state index in [-0.39, 0.29) is 30.4 Å². The molecule has 1 aliphatic carbocycles. The van der Waals surface area contributed by atoms with Crippen molar-refractivity contribution in [1.29, 1.82) is 0 Å². The largest absolute Gasteiger partial charge is 0.478 e. The van der Waals surface area contributed by atoms with Crippen molar-refractivity contribution < 1.29 is 34.9 Å². The minimum absolute atomic E-state index is 0. The zero-order valence-electron chi connectivity index (χ0n) is 15.6. The molecule has 1 aliphatic rings. The molecule has 24 heavy (non-hydrogen) atoms. The number of hydrogen-bond donors (Lipinski definition) is 1. The molecule has 0 unspecified atom stereocenters. The average molecular weight is 384 g/mol. The molecule has 0 aromatic rings. The molecule has 0 aliphatic heterocycles. The number of aliphatic carboxylic acids is 1. The number of allylic oxidation sites excluding steroid dienone is 9. The summed E-state index contributed by atoms with van der Waals surface area (Å²) in [6.45, 7) is 10.7. The number of carboxylic acid groups (broad SMARTS) is 1. The van der Waals surface area contributed by atoms with Crippen molar-refractivity contribution in [3.8, 4) is 0 Å². The Morgan fingerprint density at radius 2 is 1.79 bits per heavy atom. The van der Waals surface area contributed by atoms with Crippen LogP contribution >= 0.6 is 0 Å². The quantitative estimate of drug-likeness (QED) is 0.422. The summed E-state index contributed by atoms with van der Waals surface area (Å²) in [6, 6.07) is 0. The first-order chi connectivity index (χ1) is 10.2. The average Bonchev–Trinajstić information content (AvgIpc) is 2.36. The Morgan fingerprint density at radius 1 is 1.17 bits per heavy atom. The molecule has 0 fully saturated rings. The monoisotopic (exact) mass is 382 g/mol. The van der Waals surface area contributed by atoms with Gasteiger partial charge in [0.1, 0.15) is 0 Å². The van der Waals surface area contributed by atoms with Gasteiger partial charge in [-0.1, -0.05) is 55.4 Å². The van der Waals surface area contributed by atoms with Crippen LogP contribution in [0.5, 0.6) is 0 Å². The molecule has 0 atom stereocenters. The molecule has 0 spiro atoms. The molecule has 0 bridgehead atoms. The first-order valence-electron chi connectivity index (χ1n) is 7.87. The standard InChI is InChI=1S/C20H28O2.H2O.Zn/c1-15(8-6-9-16(2)14-19(21)22)11-12-18-17(3)10-7-13-20(18,4)5;;/h6,8-9,11-12,14H,7,10,13H2,1-5H3,(H,21,22);1H2;/b9-6+,12-11+,15-8+,16-14+;;. The number of hydrogen-bond acceptors (Lipinski definition) is 1. The van der Waals surface area contributed by atoms with Gasteiger partial charge >= 0.3 is 5.97 Å². The summed E-state index contributed by atoms with van der Waals surface area (Å²) in [5.74, 6) is -0.912. The number of carbonyl (C=O) groups is 1. The second-order valence-corrected chi connectivity index (χ2v) is 6.76. The van der Waals surface area contributed by atoms with E-state index in [0.29, 0.717) is 0 Å². The fourth-order valence-corrected chi connectivity index (χ4v) is 2.88. The predicted molar refractivity (Wildman–Crippen MR) is 97.4 cm³/mol. The van der Waals surface area contributed by atoms with Crippen molar-refractivity contribution in [2.45, 2.75) is 53.9 Å². The van der Waals surface area contributed by atoms with Gasteiger partial charge in [0.15, 0.2) is 0 Å². The van der Waals surface area contributed by atoms with Gasteiger partial charge in [0.05, 0.1) is 0 Å². The van der Waals surface area contributed by atoms with E-state index in [1.807, 2.05) is 12.2 Å². The fraction of sp³-hybridized carbons (Fsp3) is 0.450. The SMILES string of the molecule is CC1=C(/C=C/C(C)=C/C=C/C(C)=C/C(=O)O)C(C)(C)CCC1.O.[Zn]. The Kier molecular flexibility index (Phi) is 11.8. The molecule has 0 saturated heterocycles. The van der Waals surface area contributed by atoms with E-state index in [2.05, 4.69) is 39.8 Å². The zero-order valence-corrected chi connectivity index (χ0v) is 18.6. The van der Waals surface area contributed by atoms with Gasteiger partial charge in [0.25, 0.3) is 0 Å². The Hall–Kier alpha value is -1.25. The van der Waals surface area contributed by atoms with Crippen LogP contribution in [0.15, 0.2) is 58.7 Å². The number of carboxylic acids is 1. The van der Waals surface area contributed by atoms with Crippen LogP contribution in [0.25, 0.3) is 0 Å². The van der Waals surface area contributed by atoms with Crippen LogP contribution in [0.2, 0.25) is 0 Å². The van der Waals surface area contributed by atoms with Crippen LogP contribution in [0.1, 0.15) is 53.9 Å². The third-order valence-corrected chi connectivity index (χ3v) is 4.12. The van der Waals surface area contributed by atoms with Gasteiger partial charge < -0.3 is 10.6 Å². The molecule has 0 heterocycles. The minimum Gasteiger partial charge on any atom is -0.478 e. The van der Waals surface area contributed by atoms with E-state index in [9.17, 15) is 4.79 Å². The van der Waals surface area contributed by atoms with Crippen molar-refractivity contribution in [2.24, 2.45) is 5.41 Å². The molecule has 0 saturated carbocycles. The molecule has 0 radical (unpaired) electrons. The Balaban J connectivity index is 0. The first-order valence-corrected chi connectivity index (χ1v) is 7.87. The Bertz CT molecular complexity index is 576. The van der Waals surface area contributed by atoms with Crippen LogP contribution in [0.3, 0.4) is 0 Å². The topological polar surface area (TPSA) is 68.8 Å². The maximum absolute atomic E-state index is 10.5. The molecule has 4 heteroatoms. The summed E-state index contributed by atoms with van der Waals surface area (Å²) >= 11 is 0. The Morgan fingerprint density at radius 3 is 2.33 bits per heavy atom. The molecule has 1 rings (SSSR count). The fourth-order valence-electron chi connectivity index (χ4n) is 2.88. The van der Waals surface area contributed by atoms with E-state index in [4.69, 9.17) is 5.11 Å². The van der Waals surface area contributed by atoms with Crippen LogP contribution in [-0.2, 0) is 24.3 Å². The maximum atomic E-state index is 10.5. The van der Waals surface area contributed by atoms with Gasteiger partial charge in [-0.25, -0.2) is 4.79 Å². The minimum atomic E-state index is -0.912. The predicted octanol–water partition coefficient (Wildman–Crippen LogP) is 4.78. The van der Waals surface area contributed by atoms with Crippen LogP contribution in [-0.4, -0.2) is 16.6 Å². The second kappa shape index (κ2) is 11.3. The van der Waals surface area contributed by atoms with Gasteiger partial charge in [-0.15, -0.1) is 0 Å². The molecular formula is C20H30O3Zn. The van der Waals surface area contributed by atoms with E-state index < -0.39 is 5.97 Å². The molecular weight excluding hydrogens is 354 g/mol. The summed E-state index contributed by atoms with van der Waals surface area (Å²) in [5, 5.41) is 8.65. The van der Waals surface area contributed by atoms with Crippen molar-refractivity contribution in [3.05, 3.63) is 58.7 Å². The summed E-state index contributed by atoms with van der Waals surface area (Å²) in [4.78, 5) is 10.5. The Labute approximate surface area is 159 Å². The third kappa shape index (κ3) is 8.56. The van der Waals surface area contributed by atoms with E-state index in [1.54, 1.807) is 13.0 Å². The summed E-state index contributed by atoms with van der Waals surface area (Å²) < 4.78 is 0. The third-order valence-electron chi connectivity index (χ3n) is 4.12. The molecule has 130 valence electrons. The number of rotatable bonds is 5. The molecule has 3 N–H and O–H groups in total. The van der Waals surface area contributed by atoms with E-state index >= 15 is 0 Å². The van der Waals surface area contributed by atoms with Crippen molar-refractivity contribution >= 4 is 5.97 Å². The van der Waals surface area contributed by atoms with E-state index in [0.717, 1.165) is 11.1 Å². The van der Waals surface area contributed by atoms with Crippen molar-refractivity contribution in [2.75, 3.05) is 0 Å². The van der Waals surface area contributed by atoms with Gasteiger partial charge in [-0.2, -0.15) is 0 Å². The summed E-state index contributed by atoms with van der Waals surface area (Å²) in [6.07, 6.45) is 15.0. The molecule has 0 aromatic carbocycles.